The molecule has 1 N–H and O–H groups in total. The van der Waals surface area contributed by atoms with Crippen molar-refractivity contribution in [3.8, 4) is 5.75 Å². The minimum atomic E-state index is -2.94. The van der Waals surface area contributed by atoms with Gasteiger partial charge in [0, 0.05) is 0 Å². The van der Waals surface area contributed by atoms with Crippen molar-refractivity contribution >= 4 is 23.9 Å². The maximum Gasteiger partial charge on any atom is 0.288 e. The molecule has 0 fully saturated rings. The van der Waals surface area contributed by atoms with Gasteiger partial charge in [-0.2, -0.15) is 0 Å². The van der Waals surface area contributed by atoms with Crippen molar-refractivity contribution in [1.29, 1.82) is 0 Å². The van der Waals surface area contributed by atoms with Gasteiger partial charge < -0.3 is 9.53 Å². The normalized spacial score (nSPS) is 13.0. The molecular weight excluding hydrogens is 553 g/mol. The van der Waals surface area contributed by atoms with Crippen molar-refractivity contribution in [2.24, 2.45) is 0 Å². The Morgan fingerprint density at radius 1 is 0.568 bits per heavy atom. The number of hydrogen-bond donors (Lipinski definition) is 1. The van der Waals surface area contributed by atoms with Gasteiger partial charge >= 0.3 is 0 Å². The highest BCUT2D eigenvalue weighted by molar-refractivity contribution is 7.07. The lowest BCUT2D eigenvalue weighted by Crippen LogP contribution is -2.69. The van der Waals surface area contributed by atoms with Crippen LogP contribution in [0.4, 0.5) is 0 Å². The minimum absolute atomic E-state index is 0.145. The Labute approximate surface area is 265 Å². The summed E-state index contributed by atoms with van der Waals surface area (Å²) in [4.78, 5) is 0. The van der Waals surface area contributed by atoms with Crippen LogP contribution >= 0.6 is 0 Å². The predicted octanol–water partition coefficient (Wildman–Crippen LogP) is 8.34. The highest BCUT2D eigenvalue weighted by Gasteiger charge is 2.44. The van der Waals surface area contributed by atoms with Gasteiger partial charge in [-0.15, -0.1) is 0 Å². The molecule has 0 saturated carbocycles. The number of benzene rings is 5. The number of aromatic hydroxyl groups is 1. The highest BCUT2D eigenvalue weighted by atomic mass is 28.4. The Hall–Kier alpha value is -3.92. The number of hydrogen-bond acceptors (Lipinski definition) is 2. The van der Waals surface area contributed by atoms with Crippen molar-refractivity contribution in [2.75, 3.05) is 0 Å². The lowest BCUT2D eigenvalue weighted by molar-refractivity contribution is 0.196. The van der Waals surface area contributed by atoms with E-state index < -0.39 is 8.32 Å². The van der Waals surface area contributed by atoms with Crippen LogP contribution in [0, 0.1) is 0 Å². The molecule has 0 aliphatic heterocycles. The summed E-state index contributed by atoms with van der Waals surface area (Å²) < 4.78 is 7.71. The lowest BCUT2D eigenvalue weighted by Gasteiger charge is -2.37. The molecule has 5 rings (SSSR count). The first-order valence-electron chi connectivity index (χ1n) is 15.8. The van der Waals surface area contributed by atoms with Gasteiger partial charge in [-0.05, 0) is 61.5 Å². The van der Waals surface area contributed by atoms with Crippen LogP contribution in [0.1, 0.15) is 76.3 Å². The standard InChI is InChI=1S/C41H46O2Si/c1-40(2,3)36-29-31(30-37(39(36)42)41(4,5)6)27-28-38(32-19-11-7-12-20-32)43-44(33-21-13-8-14-22-33,34-23-15-9-16-24-34)35-25-17-10-18-26-35/h7-26,29-30,38,42H,27-28H2,1-6H3. The van der Waals surface area contributed by atoms with Crippen LogP contribution in [0.15, 0.2) is 133 Å². The molecule has 226 valence electrons. The SMILES string of the molecule is CC(C)(C)c1cc(CCC(O[Si](c2ccccc2)(c2ccccc2)c2ccccc2)c2ccccc2)cc(C(C)(C)C)c1O. The van der Waals surface area contributed by atoms with Crippen molar-refractivity contribution < 1.29 is 9.53 Å². The number of rotatable bonds is 9. The topological polar surface area (TPSA) is 29.5 Å². The third-order valence-electron chi connectivity index (χ3n) is 8.51. The van der Waals surface area contributed by atoms with Gasteiger partial charge in [0.1, 0.15) is 5.75 Å². The summed E-state index contributed by atoms with van der Waals surface area (Å²) in [6.07, 6.45) is 1.49. The predicted molar refractivity (Wildman–Crippen MR) is 188 cm³/mol. The average Bonchev–Trinajstić information content (AvgIpc) is 3.02. The van der Waals surface area contributed by atoms with Crippen molar-refractivity contribution in [1.82, 2.24) is 0 Å². The summed E-state index contributed by atoms with van der Waals surface area (Å²) in [5.74, 6) is 0.424. The molecule has 3 heteroatoms. The first-order valence-corrected chi connectivity index (χ1v) is 17.7. The molecule has 0 bridgehead atoms. The highest BCUT2D eigenvalue weighted by Crippen LogP contribution is 2.40. The van der Waals surface area contributed by atoms with Crippen LogP contribution < -0.4 is 15.6 Å². The maximum atomic E-state index is 11.4. The molecule has 0 aliphatic carbocycles. The van der Waals surface area contributed by atoms with Gasteiger partial charge in [0.2, 0.25) is 0 Å². The van der Waals surface area contributed by atoms with Crippen LogP contribution in [-0.4, -0.2) is 13.4 Å². The number of phenols is 1. The quantitative estimate of drug-likeness (QED) is 0.137. The first-order chi connectivity index (χ1) is 21.0. The Kier molecular flexibility index (Phi) is 9.29. The van der Waals surface area contributed by atoms with Gasteiger partial charge in [0.25, 0.3) is 8.32 Å². The zero-order valence-corrected chi connectivity index (χ0v) is 28.0. The zero-order valence-electron chi connectivity index (χ0n) is 27.0. The fraction of sp³-hybridized carbons (Fsp3) is 0.268. The van der Waals surface area contributed by atoms with Crippen molar-refractivity contribution in [3.05, 3.63) is 156 Å². The van der Waals surface area contributed by atoms with E-state index in [9.17, 15) is 5.11 Å². The molecule has 1 unspecified atom stereocenters. The second kappa shape index (κ2) is 13.0. The molecule has 0 aliphatic rings. The summed E-state index contributed by atoms with van der Waals surface area (Å²) in [6.45, 7) is 13.0. The van der Waals surface area contributed by atoms with Crippen molar-refractivity contribution in [2.45, 2.75) is 71.3 Å². The van der Waals surface area contributed by atoms with Crippen LogP contribution in [0.25, 0.3) is 0 Å². The second-order valence-corrected chi connectivity index (χ2v) is 17.2. The molecule has 44 heavy (non-hydrogen) atoms. The van der Waals surface area contributed by atoms with E-state index in [1.54, 1.807) is 0 Å². The van der Waals surface area contributed by atoms with E-state index >= 15 is 0 Å². The monoisotopic (exact) mass is 598 g/mol. The Morgan fingerprint density at radius 3 is 1.30 bits per heavy atom. The molecule has 1 atom stereocenters. The summed E-state index contributed by atoms with van der Waals surface area (Å²) in [6, 6.07) is 47.5. The molecule has 2 nitrogen and oxygen atoms in total. The average molecular weight is 599 g/mol. The summed E-state index contributed by atoms with van der Waals surface area (Å²) in [7, 11) is -2.94. The zero-order chi connectivity index (χ0) is 31.4. The molecule has 5 aromatic carbocycles. The number of phenolic OH excluding ortho intramolecular Hbond substituents is 1. The van der Waals surface area contributed by atoms with E-state index in [1.807, 2.05) is 0 Å². The molecule has 0 heterocycles. The molecule has 0 amide bonds. The van der Waals surface area contributed by atoms with Gasteiger partial charge in [-0.3, -0.25) is 0 Å². The van der Waals surface area contributed by atoms with E-state index in [2.05, 4.69) is 175 Å². The van der Waals surface area contributed by atoms with E-state index in [-0.39, 0.29) is 16.9 Å². The van der Waals surface area contributed by atoms with Crippen LogP contribution in [0.5, 0.6) is 5.75 Å². The van der Waals surface area contributed by atoms with Crippen LogP contribution in [-0.2, 0) is 21.7 Å². The van der Waals surface area contributed by atoms with Gasteiger partial charge in [0.15, 0.2) is 0 Å². The van der Waals surface area contributed by atoms with E-state index in [0.717, 1.165) is 24.0 Å². The van der Waals surface area contributed by atoms with Gasteiger partial charge in [0.05, 0.1) is 6.10 Å². The van der Waals surface area contributed by atoms with E-state index in [4.69, 9.17) is 4.43 Å². The Morgan fingerprint density at radius 2 is 0.932 bits per heavy atom. The molecule has 0 radical (unpaired) electrons. The Bertz CT molecular complexity index is 1500. The smallest absolute Gasteiger partial charge is 0.288 e. The fourth-order valence-corrected chi connectivity index (χ4v) is 10.3. The first kappa shape index (κ1) is 31.5. The third kappa shape index (κ3) is 6.75. The lowest BCUT2D eigenvalue weighted by atomic mass is 9.78. The second-order valence-electron chi connectivity index (χ2n) is 13.9. The molecule has 0 aromatic heterocycles. The molecule has 0 saturated heterocycles. The molecule has 0 spiro atoms. The maximum absolute atomic E-state index is 11.4. The summed E-state index contributed by atoms with van der Waals surface area (Å²) >= 11 is 0. The van der Waals surface area contributed by atoms with Gasteiger partial charge in [-0.1, -0.05) is 175 Å². The fourth-order valence-electron chi connectivity index (χ4n) is 6.18. The molecular formula is C41H46O2Si. The van der Waals surface area contributed by atoms with E-state index in [1.165, 1.54) is 26.7 Å². The van der Waals surface area contributed by atoms with E-state index in [0.29, 0.717) is 5.75 Å². The summed E-state index contributed by atoms with van der Waals surface area (Å²) in [5, 5.41) is 15.0. The molecule has 5 aromatic rings. The number of aryl methyl sites for hydroxylation is 1. The minimum Gasteiger partial charge on any atom is -0.507 e. The van der Waals surface area contributed by atoms with Crippen LogP contribution in [0.3, 0.4) is 0 Å². The Balaban J connectivity index is 1.64. The summed E-state index contributed by atoms with van der Waals surface area (Å²) in [5.41, 5.74) is 4.06. The van der Waals surface area contributed by atoms with Crippen LogP contribution in [0.2, 0.25) is 0 Å². The largest absolute Gasteiger partial charge is 0.507 e. The third-order valence-corrected chi connectivity index (χ3v) is 12.6. The van der Waals surface area contributed by atoms with Crippen molar-refractivity contribution in [3.63, 3.8) is 0 Å². The van der Waals surface area contributed by atoms with Gasteiger partial charge in [-0.25, -0.2) is 0 Å².